The number of hydrogen-bond donors (Lipinski definition) is 1. The SMILES string of the molecule is CCCC1CCN(C)C1C(N)=O. The van der Waals surface area contributed by atoms with Gasteiger partial charge in [0.15, 0.2) is 0 Å². The van der Waals surface area contributed by atoms with E-state index in [2.05, 4.69) is 11.8 Å². The second-order valence-electron chi connectivity index (χ2n) is 3.67. The second kappa shape index (κ2) is 3.90. The summed E-state index contributed by atoms with van der Waals surface area (Å²) in [7, 11) is 1.98. The van der Waals surface area contributed by atoms with Gasteiger partial charge < -0.3 is 5.73 Å². The average Bonchev–Trinajstić information content (AvgIpc) is 2.32. The number of amides is 1. The number of nitrogens with two attached hydrogens (primary N) is 1. The van der Waals surface area contributed by atoms with Crippen molar-refractivity contribution in [2.75, 3.05) is 13.6 Å². The minimum atomic E-state index is -0.159. The molecule has 0 saturated carbocycles. The Hall–Kier alpha value is -0.570. The van der Waals surface area contributed by atoms with Gasteiger partial charge in [0, 0.05) is 0 Å². The van der Waals surface area contributed by atoms with Crippen molar-refractivity contribution in [1.82, 2.24) is 4.90 Å². The topological polar surface area (TPSA) is 46.3 Å². The Morgan fingerprint density at radius 3 is 2.83 bits per heavy atom. The summed E-state index contributed by atoms with van der Waals surface area (Å²) in [6.07, 6.45) is 3.39. The minimum Gasteiger partial charge on any atom is -0.368 e. The zero-order chi connectivity index (χ0) is 9.14. The number of likely N-dealkylation sites (N-methyl/N-ethyl adjacent to an activating group) is 1. The zero-order valence-corrected chi connectivity index (χ0v) is 7.92. The molecule has 0 bridgehead atoms. The summed E-state index contributed by atoms with van der Waals surface area (Å²) in [5.74, 6) is 0.339. The van der Waals surface area contributed by atoms with Gasteiger partial charge in [0.05, 0.1) is 6.04 Å². The summed E-state index contributed by atoms with van der Waals surface area (Å²) in [5, 5.41) is 0. The van der Waals surface area contributed by atoms with Gasteiger partial charge in [-0.25, -0.2) is 0 Å². The van der Waals surface area contributed by atoms with Crippen LogP contribution in [0.1, 0.15) is 26.2 Å². The third-order valence-corrected chi connectivity index (χ3v) is 2.72. The van der Waals surface area contributed by atoms with Gasteiger partial charge in [0.25, 0.3) is 0 Å². The van der Waals surface area contributed by atoms with Crippen molar-refractivity contribution >= 4 is 5.91 Å². The molecule has 1 fully saturated rings. The molecule has 0 aliphatic carbocycles. The van der Waals surface area contributed by atoms with E-state index in [1.54, 1.807) is 0 Å². The van der Waals surface area contributed by atoms with Crippen molar-refractivity contribution < 1.29 is 4.79 Å². The molecule has 2 N–H and O–H groups in total. The standard InChI is InChI=1S/C9H18N2O/c1-3-4-7-5-6-11(2)8(7)9(10)12/h7-8H,3-6H2,1-2H3,(H2,10,12). The van der Waals surface area contributed by atoms with Crippen LogP contribution in [-0.2, 0) is 4.79 Å². The van der Waals surface area contributed by atoms with Crippen LogP contribution >= 0.6 is 0 Å². The Labute approximate surface area is 73.9 Å². The van der Waals surface area contributed by atoms with Crippen LogP contribution in [0.25, 0.3) is 0 Å². The Morgan fingerprint density at radius 1 is 1.67 bits per heavy atom. The molecule has 3 heteroatoms. The fourth-order valence-corrected chi connectivity index (χ4v) is 2.15. The molecule has 0 aromatic carbocycles. The summed E-state index contributed by atoms with van der Waals surface area (Å²) < 4.78 is 0. The third kappa shape index (κ3) is 1.78. The zero-order valence-electron chi connectivity index (χ0n) is 7.92. The first-order valence-corrected chi connectivity index (χ1v) is 4.66. The molecule has 12 heavy (non-hydrogen) atoms. The van der Waals surface area contributed by atoms with E-state index in [9.17, 15) is 4.79 Å². The van der Waals surface area contributed by atoms with Crippen molar-refractivity contribution in [3.8, 4) is 0 Å². The van der Waals surface area contributed by atoms with E-state index in [4.69, 9.17) is 5.73 Å². The normalized spacial score (nSPS) is 30.8. The minimum absolute atomic E-state index is 0.00931. The highest BCUT2D eigenvalue weighted by molar-refractivity contribution is 5.80. The monoisotopic (exact) mass is 170 g/mol. The number of primary amides is 1. The lowest BCUT2D eigenvalue weighted by Gasteiger charge is -2.20. The van der Waals surface area contributed by atoms with Crippen LogP contribution in [0.2, 0.25) is 0 Å². The van der Waals surface area contributed by atoms with Crippen LogP contribution in [0, 0.1) is 5.92 Å². The molecule has 2 unspecified atom stereocenters. The van der Waals surface area contributed by atoms with E-state index < -0.39 is 0 Å². The predicted octanol–water partition coefficient (Wildman–Crippen LogP) is 0.592. The maximum Gasteiger partial charge on any atom is 0.235 e. The van der Waals surface area contributed by atoms with Crippen LogP contribution in [0.15, 0.2) is 0 Å². The van der Waals surface area contributed by atoms with Crippen molar-refractivity contribution in [3.63, 3.8) is 0 Å². The van der Waals surface area contributed by atoms with E-state index in [0.29, 0.717) is 5.92 Å². The Balaban J connectivity index is 2.57. The summed E-state index contributed by atoms with van der Waals surface area (Å²) in [6.45, 7) is 3.16. The number of carbonyl (C=O) groups is 1. The van der Waals surface area contributed by atoms with Crippen molar-refractivity contribution in [2.45, 2.75) is 32.2 Å². The predicted molar refractivity (Wildman–Crippen MR) is 48.6 cm³/mol. The molecule has 2 atom stereocenters. The average molecular weight is 170 g/mol. The van der Waals surface area contributed by atoms with Crippen LogP contribution < -0.4 is 5.73 Å². The molecule has 1 saturated heterocycles. The van der Waals surface area contributed by atoms with Gasteiger partial charge in [-0.05, 0) is 32.4 Å². The van der Waals surface area contributed by atoms with Gasteiger partial charge >= 0.3 is 0 Å². The molecule has 1 aliphatic heterocycles. The highest BCUT2D eigenvalue weighted by Crippen LogP contribution is 2.26. The molecule has 3 nitrogen and oxygen atoms in total. The molecular formula is C9H18N2O. The highest BCUT2D eigenvalue weighted by atomic mass is 16.1. The molecule has 0 radical (unpaired) electrons. The largest absolute Gasteiger partial charge is 0.368 e. The van der Waals surface area contributed by atoms with Gasteiger partial charge in [0.2, 0.25) is 5.91 Å². The first kappa shape index (κ1) is 9.52. The third-order valence-electron chi connectivity index (χ3n) is 2.72. The van der Waals surface area contributed by atoms with Gasteiger partial charge in [0.1, 0.15) is 0 Å². The maximum absolute atomic E-state index is 11.1. The van der Waals surface area contributed by atoms with Crippen molar-refractivity contribution in [3.05, 3.63) is 0 Å². The lowest BCUT2D eigenvalue weighted by molar-refractivity contribution is -0.123. The number of likely N-dealkylation sites (tertiary alicyclic amines) is 1. The van der Waals surface area contributed by atoms with Gasteiger partial charge in [-0.3, -0.25) is 9.69 Å². The number of carbonyl (C=O) groups excluding carboxylic acids is 1. The Morgan fingerprint density at radius 2 is 2.33 bits per heavy atom. The summed E-state index contributed by atoms with van der Waals surface area (Å²) in [4.78, 5) is 13.1. The van der Waals surface area contributed by atoms with Crippen molar-refractivity contribution in [1.29, 1.82) is 0 Å². The van der Waals surface area contributed by atoms with E-state index >= 15 is 0 Å². The molecule has 1 aliphatic rings. The molecule has 1 heterocycles. The first-order chi connectivity index (χ1) is 5.66. The van der Waals surface area contributed by atoms with Crippen molar-refractivity contribution in [2.24, 2.45) is 11.7 Å². The van der Waals surface area contributed by atoms with E-state index in [1.807, 2.05) is 7.05 Å². The highest BCUT2D eigenvalue weighted by Gasteiger charge is 2.34. The molecule has 1 amide bonds. The number of rotatable bonds is 3. The first-order valence-electron chi connectivity index (χ1n) is 4.66. The molecule has 0 aromatic rings. The fraction of sp³-hybridized carbons (Fsp3) is 0.889. The quantitative estimate of drug-likeness (QED) is 0.674. The Kier molecular flexibility index (Phi) is 3.09. The lowest BCUT2D eigenvalue weighted by Crippen LogP contribution is -2.41. The van der Waals surface area contributed by atoms with E-state index in [-0.39, 0.29) is 11.9 Å². The van der Waals surface area contributed by atoms with E-state index in [1.165, 1.54) is 0 Å². The van der Waals surface area contributed by atoms with Crippen LogP contribution in [-0.4, -0.2) is 30.4 Å². The fourth-order valence-electron chi connectivity index (χ4n) is 2.15. The van der Waals surface area contributed by atoms with Crippen LogP contribution in [0.4, 0.5) is 0 Å². The molecular weight excluding hydrogens is 152 g/mol. The van der Waals surface area contributed by atoms with E-state index in [0.717, 1.165) is 25.8 Å². The molecule has 0 spiro atoms. The molecule has 1 rings (SSSR count). The van der Waals surface area contributed by atoms with Crippen LogP contribution in [0.5, 0.6) is 0 Å². The van der Waals surface area contributed by atoms with Crippen LogP contribution in [0.3, 0.4) is 0 Å². The summed E-state index contributed by atoms with van der Waals surface area (Å²) >= 11 is 0. The number of nitrogens with zero attached hydrogens (tertiary/aromatic N) is 1. The summed E-state index contributed by atoms with van der Waals surface area (Å²) in [6, 6.07) is -0.00931. The lowest BCUT2D eigenvalue weighted by atomic mass is 9.95. The molecule has 70 valence electrons. The van der Waals surface area contributed by atoms with Gasteiger partial charge in [-0.2, -0.15) is 0 Å². The second-order valence-corrected chi connectivity index (χ2v) is 3.67. The molecule has 0 aromatic heterocycles. The summed E-state index contributed by atoms with van der Waals surface area (Å²) in [5.41, 5.74) is 5.33. The van der Waals surface area contributed by atoms with Gasteiger partial charge in [-0.1, -0.05) is 13.3 Å². The van der Waals surface area contributed by atoms with Gasteiger partial charge in [-0.15, -0.1) is 0 Å². The number of hydrogen-bond acceptors (Lipinski definition) is 2. The maximum atomic E-state index is 11.1. The Bertz CT molecular complexity index is 168. The smallest absolute Gasteiger partial charge is 0.235 e.